The maximum Gasteiger partial charge on any atom is 0.293 e. The Hall–Kier alpha value is -1.39. The lowest BCUT2D eigenvalue weighted by Crippen LogP contribution is -2.43. The predicted molar refractivity (Wildman–Crippen MR) is 78.5 cm³/mol. The van der Waals surface area contributed by atoms with E-state index in [0.29, 0.717) is 11.2 Å². The third kappa shape index (κ3) is 3.02. The molecule has 1 aliphatic rings. The average Bonchev–Trinajstić information content (AvgIpc) is 2.96. The first-order valence-electron chi connectivity index (χ1n) is 7.84. The summed E-state index contributed by atoms with van der Waals surface area (Å²) >= 11 is 0. The highest BCUT2D eigenvalue weighted by atomic mass is 16.2. The molecule has 1 amide bonds. The lowest BCUT2D eigenvalue weighted by atomic mass is 9.74. The molecule has 1 saturated heterocycles. The van der Waals surface area contributed by atoms with E-state index in [2.05, 4.69) is 36.0 Å². The smallest absolute Gasteiger partial charge is 0.293 e. The molecule has 0 atom stereocenters. The second-order valence-corrected chi connectivity index (χ2v) is 5.86. The zero-order valence-corrected chi connectivity index (χ0v) is 12.9. The highest BCUT2D eigenvalue weighted by Crippen LogP contribution is 2.38. The van der Waals surface area contributed by atoms with Crippen LogP contribution in [0.5, 0.6) is 0 Å². The fourth-order valence-electron chi connectivity index (χ4n) is 3.02. The molecule has 112 valence electrons. The van der Waals surface area contributed by atoms with Crippen molar-refractivity contribution in [2.75, 3.05) is 13.1 Å². The SMILES string of the molecule is CCCc1nc(C(=O)N2CCC(CC)(CC)CC2)n[nH]1. The van der Waals surface area contributed by atoms with Crippen LogP contribution < -0.4 is 0 Å². The summed E-state index contributed by atoms with van der Waals surface area (Å²) in [4.78, 5) is 18.6. The van der Waals surface area contributed by atoms with Crippen LogP contribution in [0, 0.1) is 5.41 Å². The fourth-order valence-corrected chi connectivity index (χ4v) is 3.02. The molecule has 1 N–H and O–H groups in total. The lowest BCUT2D eigenvalue weighted by Gasteiger charge is -2.40. The molecule has 1 aliphatic heterocycles. The van der Waals surface area contributed by atoms with Gasteiger partial charge in [0, 0.05) is 19.5 Å². The number of carbonyl (C=O) groups excluding carboxylic acids is 1. The molecule has 2 rings (SSSR count). The number of piperidine rings is 1. The van der Waals surface area contributed by atoms with Crippen LogP contribution in [0.15, 0.2) is 0 Å². The number of amides is 1. The van der Waals surface area contributed by atoms with E-state index in [-0.39, 0.29) is 5.91 Å². The van der Waals surface area contributed by atoms with Crippen LogP contribution in [0.3, 0.4) is 0 Å². The number of likely N-dealkylation sites (tertiary alicyclic amines) is 1. The zero-order chi connectivity index (χ0) is 14.6. The van der Waals surface area contributed by atoms with Crippen LogP contribution in [0.2, 0.25) is 0 Å². The van der Waals surface area contributed by atoms with Crippen LogP contribution >= 0.6 is 0 Å². The molecule has 0 unspecified atom stereocenters. The number of carbonyl (C=O) groups is 1. The monoisotopic (exact) mass is 278 g/mol. The van der Waals surface area contributed by atoms with Gasteiger partial charge in [0.15, 0.2) is 0 Å². The summed E-state index contributed by atoms with van der Waals surface area (Å²) in [5.41, 5.74) is 0.434. The van der Waals surface area contributed by atoms with Crippen LogP contribution in [-0.2, 0) is 6.42 Å². The number of nitrogens with one attached hydrogen (secondary N) is 1. The Morgan fingerprint density at radius 3 is 2.45 bits per heavy atom. The first-order chi connectivity index (χ1) is 9.64. The van der Waals surface area contributed by atoms with Crippen molar-refractivity contribution in [3.8, 4) is 0 Å². The topological polar surface area (TPSA) is 61.9 Å². The average molecular weight is 278 g/mol. The van der Waals surface area contributed by atoms with Crippen LogP contribution in [0.25, 0.3) is 0 Å². The van der Waals surface area contributed by atoms with E-state index in [1.54, 1.807) is 0 Å². The second-order valence-electron chi connectivity index (χ2n) is 5.86. The minimum absolute atomic E-state index is 0.0237. The molecule has 20 heavy (non-hydrogen) atoms. The molecule has 0 bridgehead atoms. The number of hydrogen-bond acceptors (Lipinski definition) is 3. The molecule has 1 aromatic rings. The van der Waals surface area contributed by atoms with Gasteiger partial charge in [0.2, 0.25) is 5.82 Å². The normalized spacial score (nSPS) is 18.2. The predicted octanol–water partition coefficient (Wildman–Crippen LogP) is 2.80. The van der Waals surface area contributed by atoms with Crippen molar-refractivity contribution in [2.24, 2.45) is 5.41 Å². The Balaban J connectivity index is 1.97. The highest BCUT2D eigenvalue weighted by molar-refractivity contribution is 5.90. The molecule has 0 spiro atoms. The van der Waals surface area contributed by atoms with E-state index in [4.69, 9.17) is 0 Å². The van der Waals surface area contributed by atoms with Crippen molar-refractivity contribution in [1.82, 2.24) is 20.1 Å². The van der Waals surface area contributed by atoms with Gasteiger partial charge in [-0.1, -0.05) is 33.6 Å². The lowest BCUT2D eigenvalue weighted by molar-refractivity contribution is 0.0547. The van der Waals surface area contributed by atoms with Gasteiger partial charge in [-0.05, 0) is 24.7 Å². The first-order valence-corrected chi connectivity index (χ1v) is 7.84. The standard InChI is InChI=1S/C15H26N4O/c1-4-7-12-16-13(18-17-12)14(20)19-10-8-15(5-2,6-3)9-11-19/h4-11H2,1-3H3,(H,16,17,18). The molecule has 0 saturated carbocycles. The van der Waals surface area contributed by atoms with Crippen molar-refractivity contribution < 1.29 is 4.79 Å². The van der Waals surface area contributed by atoms with Gasteiger partial charge in [0.25, 0.3) is 5.91 Å². The van der Waals surface area contributed by atoms with Gasteiger partial charge in [-0.15, -0.1) is 5.10 Å². The number of rotatable bonds is 5. The van der Waals surface area contributed by atoms with Gasteiger partial charge >= 0.3 is 0 Å². The summed E-state index contributed by atoms with van der Waals surface area (Å²) in [6, 6.07) is 0. The van der Waals surface area contributed by atoms with Crippen molar-refractivity contribution in [3.63, 3.8) is 0 Å². The summed E-state index contributed by atoms with van der Waals surface area (Å²) < 4.78 is 0. The van der Waals surface area contributed by atoms with Gasteiger partial charge in [-0.25, -0.2) is 4.98 Å². The molecular weight excluding hydrogens is 252 g/mol. The molecule has 2 heterocycles. The maximum absolute atomic E-state index is 12.4. The van der Waals surface area contributed by atoms with Gasteiger partial charge in [0.1, 0.15) is 5.82 Å². The summed E-state index contributed by atoms with van der Waals surface area (Å²) in [6.07, 6.45) is 6.44. The Labute approximate surface area is 121 Å². The number of H-pyrrole nitrogens is 1. The Kier molecular flexibility index (Phi) is 4.78. The van der Waals surface area contributed by atoms with Crippen LogP contribution in [-0.4, -0.2) is 39.1 Å². The van der Waals surface area contributed by atoms with Gasteiger partial charge in [0.05, 0.1) is 0 Å². The van der Waals surface area contributed by atoms with Crippen molar-refractivity contribution in [1.29, 1.82) is 0 Å². The van der Waals surface area contributed by atoms with Gasteiger partial charge < -0.3 is 4.90 Å². The first kappa shape index (κ1) is 15.0. The maximum atomic E-state index is 12.4. The summed E-state index contributed by atoms with van der Waals surface area (Å²) in [5.74, 6) is 1.11. The third-order valence-corrected chi connectivity index (χ3v) is 4.82. The molecule has 0 aliphatic carbocycles. The molecule has 5 nitrogen and oxygen atoms in total. The van der Waals surface area contributed by atoms with Crippen LogP contribution in [0.1, 0.15) is 69.3 Å². The zero-order valence-electron chi connectivity index (χ0n) is 12.9. The molecule has 0 aromatic carbocycles. The van der Waals surface area contributed by atoms with E-state index < -0.39 is 0 Å². The number of aryl methyl sites for hydroxylation is 1. The van der Waals surface area contributed by atoms with E-state index in [9.17, 15) is 4.79 Å². The Bertz CT molecular complexity index is 440. The third-order valence-electron chi connectivity index (χ3n) is 4.82. The van der Waals surface area contributed by atoms with Crippen molar-refractivity contribution >= 4 is 5.91 Å². The summed E-state index contributed by atoms with van der Waals surface area (Å²) in [7, 11) is 0. The van der Waals surface area contributed by atoms with Crippen molar-refractivity contribution in [3.05, 3.63) is 11.6 Å². The van der Waals surface area contributed by atoms with E-state index >= 15 is 0 Å². The molecular formula is C15H26N4O. The van der Waals surface area contributed by atoms with E-state index in [1.807, 2.05) is 4.90 Å². The number of nitrogens with zero attached hydrogens (tertiary/aromatic N) is 3. The van der Waals surface area contributed by atoms with Gasteiger partial charge in [-0.2, -0.15) is 0 Å². The molecule has 0 radical (unpaired) electrons. The Morgan fingerprint density at radius 1 is 1.25 bits per heavy atom. The number of aromatic amines is 1. The summed E-state index contributed by atoms with van der Waals surface area (Å²) in [6.45, 7) is 8.26. The number of aromatic nitrogens is 3. The van der Waals surface area contributed by atoms with Crippen LogP contribution in [0.4, 0.5) is 0 Å². The minimum Gasteiger partial charge on any atom is -0.336 e. The minimum atomic E-state index is -0.0237. The molecule has 1 fully saturated rings. The fraction of sp³-hybridized carbons (Fsp3) is 0.800. The Morgan fingerprint density at radius 2 is 1.90 bits per heavy atom. The van der Waals surface area contributed by atoms with Gasteiger partial charge in [-0.3, -0.25) is 9.89 Å². The molecule has 1 aromatic heterocycles. The summed E-state index contributed by atoms with van der Waals surface area (Å²) in [5, 5.41) is 6.92. The van der Waals surface area contributed by atoms with E-state index in [0.717, 1.165) is 44.6 Å². The largest absolute Gasteiger partial charge is 0.336 e. The molecule has 5 heteroatoms. The highest BCUT2D eigenvalue weighted by Gasteiger charge is 2.33. The van der Waals surface area contributed by atoms with E-state index in [1.165, 1.54) is 12.8 Å². The van der Waals surface area contributed by atoms with Crippen molar-refractivity contribution in [2.45, 2.75) is 59.3 Å². The quantitative estimate of drug-likeness (QED) is 0.901. The number of hydrogen-bond donors (Lipinski definition) is 1. The second kappa shape index (κ2) is 6.37.